The monoisotopic (exact) mass is 456 g/mol. The summed E-state index contributed by atoms with van der Waals surface area (Å²) in [6, 6.07) is 7.97. The van der Waals surface area contributed by atoms with Crippen molar-refractivity contribution in [3.63, 3.8) is 0 Å². The molecule has 1 aliphatic carbocycles. The quantitative estimate of drug-likeness (QED) is 0.343. The number of benzene rings is 1. The molecular weight excluding hydrogens is 432 g/mol. The normalized spacial score (nSPS) is 17.4. The first kappa shape index (κ1) is 20.8. The second-order valence-electron chi connectivity index (χ2n) is 8.53. The Labute approximate surface area is 196 Å². The minimum absolute atomic E-state index is 0.514. The summed E-state index contributed by atoms with van der Waals surface area (Å²) in [5.41, 5.74) is 6.31. The Kier molecular flexibility index (Phi) is 5.40. The lowest BCUT2D eigenvalue weighted by atomic mass is 10.1. The van der Waals surface area contributed by atoms with Crippen molar-refractivity contribution in [2.75, 3.05) is 31.6 Å². The van der Waals surface area contributed by atoms with E-state index in [1.807, 2.05) is 30.6 Å². The van der Waals surface area contributed by atoms with Gasteiger partial charge in [0, 0.05) is 60.4 Å². The van der Waals surface area contributed by atoms with E-state index in [0.717, 1.165) is 84.9 Å². The number of ether oxygens (including phenoxy) is 1. The Bertz CT molecular complexity index is 1360. The van der Waals surface area contributed by atoms with Crippen molar-refractivity contribution < 1.29 is 14.4 Å². The zero-order valence-corrected chi connectivity index (χ0v) is 18.6. The summed E-state index contributed by atoms with van der Waals surface area (Å²) in [7, 11) is 0. The van der Waals surface area contributed by atoms with Crippen molar-refractivity contribution in [1.29, 1.82) is 0 Å². The number of hydrogen-bond donors (Lipinski definition) is 2. The summed E-state index contributed by atoms with van der Waals surface area (Å²) in [5.74, 6) is 1.08. The molecule has 2 aliphatic rings. The van der Waals surface area contributed by atoms with E-state index in [9.17, 15) is 5.21 Å². The molecule has 0 bridgehead atoms. The minimum Gasteiger partial charge on any atom is -0.449 e. The van der Waals surface area contributed by atoms with Gasteiger partial charge in [0.05, 0.1) is 30.8 Å². The van der Waals surface area contributed by atoms with Crippen LogP contribution in [0.15, 0.2) is 58.6 Å². The van der Waals surface area contributed by atoms with Gasteiger partial charge in [0.25, 0.3) is 0 Å². The summed E-state index contributed by atoms with van der Waals surface area (Å²) in [4.78, 5) is 15.8. The summed E-state index contributed by atoms with van der Waals surface area (Å²) in [5, 5.41) is 17.1. The van der Waals surface area contributed by atoms with Gasteiger partial charge in [-0.1, -0.05) is 11.2 Å². The predicted molar refractivity (Wildman–Crippen MR) is 128 cm³/mol. The summed E-state index contributed by atoms with van der Waals surface area (Å²) in [6.07, 6.45) is 8.75. The highest BCUT2D eigenvalue weighted by molar-refractivity contribution is 6.05. The fourth-order valence-corrected chi connectivity index (χ4v) is 4.60. The molecule has 0 unspecified atom stereocenters. The van der Waals surface area contributed by atoms with Gasteiger partial charge >= 0.3 is 0 Å². The molecule has 1 saturated heterocycles. The van der Waals surface area contributed by atoms with Crippen LogP contribution in [0.1, 0.15) is 23.1 Å². The maximum Gasteiger partial charge on any atom is 0.197 e. The number of nitrogens with zero attached hydrogens (tertiary/aromatic N) is 5. The molecular formula is C25H24N6O3. The second kappa shape index (κ2) is 8.85. The molecule has 1 aliphatic heterocycles. The van der Waals surface area contributed by atoms with E-state index in [0.29, 0.717) is 17.2 Å². The number of aryl methyl sites for hydroxylation is 1. The van der Waals surface area contributed by atoms with Gasteiger partial charge in [-0.3, -0.25) is 9.88 Å². The Morgan fingerprint density at radius 3 is 2.74 bits per heavy atom. The second-order valence-corrected chi connectivity index (χ2v) is 8.53. The number of anilines is 2. The van der Waals surface area contributed by atoms with Crippen molar-refractivity contribution in [1.82, 2.24) is 19.9 Å². The largest absolute Gasteiger partial charge is 0.449 e. The minimum atomic E-state index is 0.514. The van der Waals surface area contributed by atoms with Crippen molar-refractivity contribution in [2.24, 2.45) is 5.16 Å². The number of oxime groups is 1. The molecule has 172 valence electrons. The number of morpholine rings is 1. The average molecular weight is 457 g/mol. The zero-order chi connectivity index (χ0) is 22.9. The maximum atomic E-state index is 9.21. The van der Waals surface area contributed by atoms with E-state index >= 15 is 0 Å². The van der Waals surface area contributed by atoms with Crippen LogP contribution >= 0.6 is 0 Å². The third-order valence-electron chi connectivity index (χ3n) is 6.35. The van der Waals surface area contributed by atoms with Crippen LogP contribution in [0.25, 0.3) is 22.6 Å². The zero-order valence-electron chi connectivity index (χ0n) is 18.6. The third kappa shape index (κ3) is 3.89. The van der Waals surface area contributed by atoms with Gasteiger partial charge < -0.3 is 19.7 Å². The van der Waals surface area contributed by atoms with Gasteiger partial charge in [-0.05, 0) is 36.6 Å². The van der Waals surface area contributed by atoms with Gasteiger partial charge in [0.1, 0.15) is 0 Å². The van der Waals surface area contributed by atoms with Crippen LogP contribution < -0.4 is 5.32 Å². The lowest BCUT2D eigenvalue weighted by Gasteiger charge is -2.26. The fraction of sp³-hybridized carbons (Fsp3) is 0.280. The third-order valence-corrected chi connectivity index (χ3v) is 6.35. The molecule has 0 atom stereocenters. The standard InChI is InChI=1S/C25H24N6O3/c32-30-21-4-1-17-11-18(2-3-19(17)21)29-23-20-5-6-26-14-22(20)34-24(23)25-27-12-16(13-28-25)15-31-7-9-33-10-8-31/h2-3,5-6,11-14,29,32H,1,4,7-10,15H2. The molecule has 9 nitrogen and oxygen atoms in total. The van der Waals surface area contributed by atoms with E-state index in [2.05, 4.69) is 36.4 Å². The van der Waals surface area contributed by atoms with Crippen LogP contribution in [0.2, 0.25) is 0 Å². The number of furan rings is 1. The van der Waals surface area contributed by atoms with Crippen LogP contribution in [-0.2, 0) is 17.7 Å². The summed E-state index contributed by atoms with van der Waals surface area (Å²) < 4.78 is 11.6. The molecule has 4 aromatic rings. The van der Waals surface area contributed by atoms with Crippen LogP contribution in [0, 0.1) is 0 Å². The molecule has 1 aromatic carbocycles. The molecule has 0 amide bonds. The van der Waals surface area contributed by atoms with E-state index in [4.69, 9.17) is 9.15 Å². The number of fused-ring (bicyclic) bond motifs is 2. The van der Waals surface area contributed by atoms with E-state index < -0.39 is 0 Å². The van der Waals surface area contributed by atoms with Crippen molar-refractivity contribution >= 4 is 28.1 Å². The van der Waals surface area contributed by atoms with Gasteiger partial charge in [-0.25, -0.2) is 9.97 Å². The molecule has 2 N–H and O–H groups in total. The lowest BCUT2D eigenvalue weighted by molar-refractivity contribution is 0.0341. The van der Waals surface area contributed by atoms with Crippen LogP contribution in [0.5, 0.6) is 0 Å². The Morgan fingerprint density at radius 1 is 1.06 bits per heavy atom. The topological polar surface area (TPSA) is 109 Å². The Morgan fingerprint density at radius 2 is 1.91 bits per heavy atom. The number of aromatic nitrogens is 3. The summed E-state index contributed by atoms with van der Waals surface area (Å²) in [6.45, 7) is 4.15. The van der Waals surface area contributed by atoms with Crippen molar-refractivity contribution in [3.05, 3.63) is 65.7 Å². The SMILES string of the molecule is ON=C1CCc2cc(Nc3c(-c4ncc(CN5CCOCC5)cn4)oc4cnccc34)ccc21. The molecule has 9 heteroatoms. The summed E-state index contributed by atoms with van der Waals surface area (Å²) >= 11 is 0. The number of rotatable bonds is 5. The molecule has 6 rings (SSSR count). The average Bonchev–Trinajstić information content (AvgIpc) is 3.46. The Balaban J connectivity index is 1.32. The lowest BCUT2D eigenvalue weighted by Crippen LogP contribution is -2.35. The highest BCUT2D eigenvalue weighted by atomic mass is 16.5. The first-order chi connectivity index (χ1) is 16.8. The number of pyridine rings is 1. The van der Waals surface area contributed by atoms with Gasteiger partial charge in [-0.15, -0.1) is 0 Å². The molecule has 0 radical (unpaired) electrons. The number of hydrogen-bond acceptors (Lipinski definition) is 9. The molecule has 3 aromatic heterocycles. The smallest absolute Gasteiger partial charge is 0.197 e. The molecule has 34 heavy (non-hydrogen) atoms. The van der Waals surface area contributed by atoms with Gasteiger partial charge in [-0.2, -0.15) is 0 Å². The molecule has 1 fully saturated rings. The molecule has 0 saturated carbocycles. The highest BCUT2D eigenvalue weighted by Crippen LogP contribution is 2.38. The van der Waals surface area contributed by atoms with Crippen LogP contribution in [0.4, 0.5) is 11.4 Å². The van der Waals surface area contributed by atoms with E-state index in [-0.39, 0.29) is 0 Å². The van der Waals surface area contributed by atoms with Crippen LogP contribution in [0.3, 0.4) is 0 Å². The molecule has 0 spiro atoms. The first-order valence-corrected chi connectivity index (χ1v) is 11.4. The fourth-order valence-electron chi connectivity index (χ4n) is 4.60. The van der Waals surface area contributed by atoms with Gasteiger partial charge in [0.15, 0.2) is 17.2 Å². The highest BCUT2D eigenvalue weighted by Gasteiger charge is 2.22. The van der Waals surface area contributed by atoms with Crippen molar-refractivity contribution in [2.45, 2.75) is 19.4 Å². The number of nitrogens with one attached hydrogen (secondary N) is 1. The van der Waals surface area contributed by atoms with Gasteiger partial charge in [0.2, 0.25) is 0 Å². The van der Waals surface area contributed by atoms with E-state index in [1.54, 1.807) is 12.4 Å². The van der Waals surface area contributed by atoms with Crippen molar-refractivity contribution in [3.8, 4) is 11.6 Å². The van der Waals surface area contributed by atoms with E-state index in [1.165, 1.54) is 0 Å². The predicted octanol–water partition coefficient (Wildman–Crippen LogP) is 3.99. The van der Waals surface area contributed by atoms with Crippen LogP contribution in [-0.4, -0.2) is 57.1 Å². The Hall–Kier alpha value is -3.82. The first-order valence-electron chi connectivity index (χ1n) is 11.4. The molecule has 4 heterocycles. The maximum absolute atomic E-state index is 9.21.